The number of fused-ring (bicyclic) bond motifs is 1. The summed E-state index contributed by atoms with van der Waals surface area (Å²) in [6.07, 6.45) is 0.921. The summed E-state index contributed by atoms with van der Waals surface area (Å²) in [5, 5.41) is 21.4. The van der Waals surface area contributed by atoms with Crippen molar-refractivity contribution in [3.63, 3.8) is 0 Å². The lowest BCUT2D eigenvalue weighted by molar-refractivity contribution is -0.154. The summed E-state index contributed by atoms with van der Waals surface area (Å²) in [5.41, 5.74) is 1.29. The van der Waals surface area contributed by atoms with Gasteiger partial charge < -0.3 is 24.1 Å². The van der Waals surface area contributed by atoms with E-state index in [0.29, 0.717) is 44.5 Å². The molecule has 0 bridgehead atoms. The number of benzene rings is 2. The van der Waals surface area contributed by atoms with E-state index < -0.39 is 17.6 Å². The van der Waals surface area contributed by atoms with E-state index in [1.54, 1.807) is 0 Å². The zero-order chi connectivity index (χ0) is 24.6. The first-order chi connectivity index (χ1) is 16.3. The molecule has 2 atom stereocenters. The molecule has 0 spiro atoms. The molecule has 184 valence electrons. The maximum atomic E-state index is 12.0. The predicted octanol–water partition coefficient (Wildman–Crippen LogP) is 5.74. The average molecular weight is 469 g/mol. The Morgan fingerprint density at radius 1 is 0.971 bits per heavy atom. The second-order valence-corrected chi connectivity index (χ2v) is 9.32. The summed E-state index contributed by atoms with van der Waals surface area (Å²) in [6, 6.07) is 17.7. The number of hydrogen-bond acceptors (Lipinski definition) is 6. The molecule has 0 amide bonds. The summed E-state index contributed by atoms with van der Waals surface area (Å²) in [5.74, 6) is 1.29. The van der Waals surface area contributed by atoms with Gasteiger partial charge in [-0.15, -0.1) is 0 Å². The molecule has 0 aliphatic heterocycles. The number of aliphatic hydroxyl groups is 2. The van der Waals surface area contributed by atoms with E-state index in [0.717, 1.165) is 22.3 Å². The number of hydrogen-bond donors (Lipinski definition) is 2. The Morgan fingerprint density at radius 2 is 1.65 bits per heavy atom. The number of rotatable bonds is 13. The highest BCUT2D eigenvalue weighted by Crippen LogP contribution is 2.30. The Labute approximate surface area is 201 Å². The molecule has 0 fully saturated rings. The Morgan fingerprint density at radius 3 is 2.32 bits per heavy atom. The standard InChI is InChI=1S/C28H36O6/c1-4-28(2,3)27(31)33-17-9-13-24(30)23(29)12-8-16-32-22-15-14-21-18-25(34-26(21)19-22)20-10-6-5-7-11-20/h5-7,10-11,14-15,18-19,23-24,29-30H,4,8-9,12-13,16-17H2,1-3H3. The van der Waals surface area contributed by atoms with Gasteiger partial charge in [0, 0.05) is 17.0 Å². The van der Waals surface area contributed by atoms with E-state index in [4.69, 9.17) is 13.9 Å². The normalized spacial score (nSPS) is 13.6. The second kappa shape index (κ2) is 12.0. The topological polar surface area (TPSA) is 89.1 Å². The minimum atomic E-state index is -0.853. The molecule has 2 aromatic carbocycles. The Kier molecular flexibility index (Phi) is 9.13. The zero-order valence-corrected chi connectivity index (χ0v) is 20.3. The smallest absolute Gasteiger partial charge is 0.311 e. The second-order valence-electron chi connectivity index (χ2n) is 9.32. The van der Waals surface area contributed by atoms with Crippen LogP contribution in [0.3, 0.4) is 0 Å². The van der Waals surface area contributed by atoms with Crippen molar-refractivity contribution in [1.82, 2.24) is 0 Å². The van der Waals surface area contributed by atoms with Gasteiger partial charge in [-0.1, -0.05) is 37.3 Å². The Hall–Kier alpha value is -2.83. The molecule has 0 radical (unpaired) electrons. The third-order valence-electron chi connectivity index (χ3n) is 6.22. The number of carbonyl (C=O) groups excluding carboxylic acids is 1. The fraction of sp³-hybridized carbons (Fsp3) is 0.464. The van der Waals surface area contributed by atoms with Gasteiger partial charge in [-0.2, -0.15) is 0 Å². The number of aliphatic hydroxyl groups excluding tert-OH is 2. The van der Waals surface area contributed by atoms with Crippen LogP contribution in [0.1, 0.15) is 52.9 Å². The van der Waals surface area contributed by atoms with Gasteiger partial charge in [0.15, 0.2) is 0 Å². The van der Waals surface area contributed by atoms with Crippen molar-refractivity contribution in [2.75, 3.05) is 13.2 Å². The lowest BCUT2D eigenvalue weighted by atomic mass is 9.91. The van der Waals surface area contributed by atoms with Crippen LogP contribution in [-0.2, 0) is 9.53 Å². The summed E-state index contributed by atoms with van der Waals surface area (Å²) >= 11 is 0. The van der Waals surface area contributed by atoms with Gasteiger partial charge >= 0.3 is 5.97 Å². The van der Waals surface area contributed by atoms with Crippen molar-refractivity contribution in [2.24, 2.45) is 5.41 Å². The van der Waals surface area contributed by atoms with Gasteiger partial charge in [0.25, 0.3) is 0 Å². The molecule has 2 unspecified atom stereocenters. The quantitative estimate of drug-likeness (QED) is 0.246. The van der Waals surface area contributed by atoms with E-state index >= 15 is 0 Å². The van der Waals surface area contributed by atoms with Crippen LogP contribution in [0.25, 0.3) is 22.3 Å². The van der Waals surface area contributed by atoms with E-state index in [-0.39, 0.29) is 12.6 Å². The van der Waals surface area contributed by atoms with Gasteiger partial charge in [-0.25, -0.2) is 0 Å². The van der Waals surface area contributed by atoms with Crippen LogP contribution < -0.4 is 4.74 Å². The van der Waals surface area contributed by atoms with Crippen LogP contribution in [0.4, 0.5) is 0 Å². The van der Waals surface area contributed by atoms with Gasteiger partial charge in [-0.05, 0) is 64.2 Å². The van der Waals surface area contributed by atoms with Gasteiger partial charge in [0.05, 0.1) is 30.8 Å². The molecule has 2 N–H and O–H groups in total. The molecule has 6 nitrogen and oxygen atoms in total. The minimum Gasteiger partial charge on any atom is -0.493 e. The zero-order valence-electron chi connectivity index (χ0n) is 20.3. The first kappa shape index (κ1) is 25.8. The molecule has 3 aromatic rings. The summed E-state index contributed by atoms with van der Waals surface area (Å²) < 4.78 is 17.1. The van der Waals surface area contributed by atoms with E-state index in [1.165, 1.54) is 0 Å². The molecule has 3 rings (SSSR count). The highest BCUT2D eigenvalue weighted by atomic mass is 16.5. The van der Waals surface area contributed by atoms with Crippen LogP contribution in [0.2, 0.25) is 0 Å². The number of esters is 1. The van der Waals surface area contributed by atoms with Crippen molar-refractivity contribution in [3.05, 3.63) is 54.6 Å². The van der Waals surface area contributed by atoms with Crippen molar-refractivity contribution in [2.45, 2.75) is 65.1 Å². The fourth-order valence-electron chi connectivity index (χ4n) is 3.51. The number of ether oxygens (including phenoxy) is 2. The van der Waals surface area contributed by atoms with E-state index in [2.05, 4.69) is 0 Å². The molecule has 6 heteroatoms. The van der Waals surface area contributed by atoms with Crippen molar-refractivity contribution >= 4 is 16.9 Å². The molecule has 1 aromatic heterocycles. The van der Waals surface area contributed by atoms with Crippen molar-refractivity contribution < 1.29 is 28.9 Å². The maximum Gasteiger partial charge on any atom is 0.311 e. The largest absolute Gasteiger partial charge is 0.493 e. The summed E-state index contributed by atoms with van der Waals surface area (Å²) in [6.45, 7) is 6.32. The van der Waals surface area contributed by atoms with Gasteiger partial charge in [0.1, 0.15) is 17.1 Å². The van der Waals surface area contributed by atoms with Gasteiger partial charge in [0.2, 0.25) is 0 Å². The van der Waals surface area contributed by atoms with E-state index in [1.807, 2.05) is 75.4 Å². The average Bonchev–Trinajstić information content (AvgIpc) is 3.28. The van der Waals surface area contributed by atoms with Crippen LogP contribution >= 0.6 is 0 Å². The Bertz CT molecular complexity index is 1040. The molecule has 1 heterocycles. The molecule has 0 aliphatic rings. The molecular weight excluding hydrogens is 432 g/mol. The van der Waals surface area contributed by atoms with Crippen molar-refractivity contribution in [3.8, 4) is 17.1 Å². The number of carbonyl (C=O) groups is 1. The minimum absolute atomic E-state index is 0.230. The fourth-order valence-corrected chi connectivity index (χ4v) is 3.51. The molecular formula is C28H36O6. The van der Waals surface area contributed by atoms with Crippen LogP contribution in [0.15, 0.2) is 59.0 Å². The van der Waals surface area contributed by atoms with Crippen LogP contribution in [-0.4, -0.2) is 41.6 Å². The van der Waals surface area contributed by atoms with Gasteiger partial charge in [-0.3, -0.25) is 4.79 Å². The van der Waals surface area contributed by atoms with Crippen molar-refractivity contribution in [1.29, 1.82) is 0 Å². The first-order valence-electron chi connectivity index (χ1n) is 12.1. The van der Waals surface area contributed by atoms with Crippen LogP contribution in [0.5, 0.6) is 5.75 Å². The van der Waals surface area contributed by atoms with E-state index in [9.17, 15) is 15.0 Å². The third-order valence-corrected chi connectivity index (χ3v) is 6.22. The maximum absolute atomic E-state index is 12.0. The molecule has 0 aliphatic carbocycles. The Balaban J connectivity index is 1.37. The number of furan rings is 1. The third kappa shape index (κ3) is 7.08. The highest BCUT2D eigenvalue weighted by molar-refractivity contribution is 5.84. The lowest BCUT2D eigenvalue weighted by Gasteiger charge is -2.21. The summed E-state index contributed by atoms with van der Waals surface area (Å²) in [4.78, 5) is 12.0. The predicted molar refractivity (Wildman–Crippen MR) is 133 cm³/mol. The molecule has 0 saturated heterocycles. The monoisotopic (exact) mass is 468 g/mol. The SMILES string of the molecule is CCC(C)(C)C(=O)OCCCC(O)C(O)CCCOc1ccc2cc(-c3ccccc3)oc2c1. The van der Waals surface area contributed by atoms with Crippen LogP contribution in [0, 0.1) is 5.41 Å². The lowest BCUT2D eigenvalue weighted by Crippen LogP contribution is -2.28. The summed E-state index contributed by atoms with van der Waals surface area (Å²) in [7, 11) is 0. The first-order valence-corrected chi connectivity index (χ1v) is 12.1. The highest BCUT2D eigenvalue weighted by Gasteiger charge is 2.27. The molecule has 34 heavy (non-hydrogen) atoms. The molecule has 0 saturated carbocycles.